The molecule has 0 heterocycles. The zero-order valence-electron chi connectivity index (χ0n) is 10.9. The summed E-state index contributed by atoms with van der Waals surface area (Å²) >= 11 is 0. The number of aliphatic hydroxyl groups is 1. The van der Waals surface area contributed by atoms with Gasteiger partial charge in [0.1, 0.15) is 5.75 Å². The molecule has 2 atom stereocenters. The van der Waals surface area contributed by atoms with Gasteiger partial charge in [-0.2, -0.15) is 0 Å². The van der Waals surface area contributed by atoms with Crippen molar-refractivity contribution in [2.45, 2.75) is 32.8 Å². The van der Waals surface area contributed by atoms with E-state index in [2.05, 4.69) is 0 Å². The second-order valence-electron chi connectivity index (χ2n) is 4.21. The average Bonchev–Trinajstić information content (AvgIpc) is 2.39. The van der Waals surface area contributed by atoms with Crippen LogP contribution in [0.2, 0.25) is 0 Å². The summed E-state index contributed by atoms with van der Waals surface area (Å²) in [5, 5.41) is 9.84. The van der Waals surface area contributed by atoms with Crippen molar-refractivity contribution < 1.29 is 14.6 Å². The van der Waals surface area contributed by atoms with Gasteiger partial charge in [0.25, 0.3) is 0 Å². The highest BCUT2D eigenvalue weighted by Gasteiger charge is 2.22. The van der Waals surface area contributed by atoms with Gasteiger partial charge in [-0.05, 0) is 31.9 Å². The highest BCUT2D eigenvalue weighted by Crippen LogP contribution is 2.14. The summed E-state index contributed by atoms with van der Waals surface area (Å²) in [6, 6.07) is 8.88. The maximum Gasteiger partial charge on any atom is 0.316 e. The van der Waals surface area contributed by atoms with Gasteiger partial charge < -0.3 is 9.84 Å². The van der Waals surface area contributed by atoms with Crippen LogP contribution in [0.1, 0.15) is 26.7 Å². The number of carbonyl (C=O) groups excluding carboxylic acids is 1. The Morgan fingerprint density at radius 3 is 2.61 bits per heavy atom. The fourth-order valence-electron chi connectivity index (χ4n) is 1.46. The normalized spacial score (nSPS) is 14.4. The first kappa shape index (κ1) is 14.5. The Morgan fingerprint density at radius 2 is 2.00 bits per heavy atom. The van der Waals surface area contributed by atoms with Crippen molar-refractivity contribution in [2.75, 3.05) is 0 Å². The Morgan fingerprint density at radius 1 is 1.33 bits per heavy atom. The number of hydrogen-bond donors (Lipinski definition) is 1. The summed E-state index contributed by atoms with van der Waals surface area (Å²) in [6.07, 6.45) is 4.55. The van der Waals surface area contributed by atoms with Crippen LogP contribution in [0.5, 0.6) is 5.75 Å². The molecule has 0 aliphatic carbocycles. The highest BCUT2D eigenvalue weighted by atomic mass is 16.5. The van der Waals surface area contributed by atoms with E-state index in [9.17, 15) is 9.90 Å². The van der Waals surface area contributed by atoms with Gasteiger partial charge in [0.15, 0.2) is 0 Å². The molecule has 0 spiro atoms. The molecular weight excluding hydrogens is 228 g/mol. The summed E-state index contributed by atoms with van der Waals surface area (Å²) in [5.41, 5.74) is 0. The second kappa shape index (κ2) is 7.67. The van der Waals surface area contributed by atoms with Crippen LogP contribution < -0.4 is 4.74 Å². The van der Waals surface area contributed by atoms with Crippen LogP contribution >= 0.6 is 0 Å². The number of para-hydroxylation sites is 1. The summed E-state index contributed by atoms with van der Waals surface area (Å²) in [5.74, 6) is -0.434. The van der Waals surface area contributed by atoms with E-state index in [1.165, 1.54) is 0 Å². The first-order valence-electron chi connectivity index (χ1n) is 6.25. The molecule has 0 radical (unpaired) electrons. The molecule has 0 aliphatic rings. The van der Waals surface area contributed by atoms with E-state index >= 15 is 0 Å². The van der Waals surface area contributed by atoms with Gasteiger partial charge in [-0.3, -0.25) is 4.79 Å². The lowest BCUT2D eigenvalue weighted by Gasteiger charge is -2.16. The quantitative estimate of drug-likeness (QED) is 0.478. The number of ether oxygens (including phenoxy) is 1. The largest absolute Gasteiger partial charge is 0.426 e. The Bertz CT molecular complexity index is 384. The molecular formula is C15H20O3. The average molecular weight is 248 g/mol. The van der Waals surface area contributed by atoms with E-state index in [1.54, 1.807) is 31.2 Å². The molecule has 1 aromatic carbocycles. The fourth-order valence-corrected chi connectivity index (χ4v) is 1.46. The molecule has 18 heavy (non-hydrogen) atoms. The maximum absolute atomic E-state index is 11.8. The Hall–Kier alpha value is -1.61. The van der Waals surface area contributed by atoms with Crippen LogP contribution in [0.15, 0.2) is 42.5 Å². The van der Waals surface area contributed by atoms with Crippen molar-refractivity contribution >= 4 is 5.97 Å². The lowest BCUT2D eigenvalue weighted by atomic mass is 10.0. The molecule has 3 heteroatoms. The summed E-state index contributed by atoms with van der Waals surface area (Å²) in [6.45, 7) is 3.70. The van der Waals surface area contributed by atoms with Gasteiger partial charge in [0.05, 0.1) is 12.0 Å². The summed E-state index contributed by atoms with van der Waals surface area (Å²) < 4.78 is 5.18. The van der Waals surface area contributed by atoms with Gasteiger partial charge >= 0.3 is 5.97 Å². The first-order valence-corrected chi connectivity index (χ1v) is 6.25. The van der Waals surface area contributed by atoms with Crippen molar-refractivity contribution in [1.82, 2.24) is 0 Å². The smallest absolute Gasteiger partial charge is 0.316 e. The third-order valence-corrected chi connectivity index (χ3v) is 2.69. The minimum atomic E-state index is -0.705. The molecule has 98 valence electrons. The van der Waals surface area contributed by atoms with E-state index in [-0.39, 0.29) is 0 Å². The topological polar surface area (TPSA) is 46.5 Å². The predicted molar refractivity (Wildman–Crippen MR) is 71.3 cm³/mol. The number of carbonyl (C=O) groups is 1. The SMILES string of the molecule is CCC=CCC(O)C(C)C(=O)Oc1ccccc1. The lowest BCUT2D eigenvalue weighted by Crippen LogP contribution is -2.28. The van der Waals surface area contributed by atoms with Gasteiger partial charge in [-0.25, -0.2) is 0 Å². The molecule has 0 aromatic heterocycles. The predicted octanol–water partition coefficient (Wildman–Crippen LogP) is 2.95. The molecule has 0 bridgehead atoms. The van der Waals surface area contributed by atoms with E-state index in [4.69, 9.17) is 4.74 Å². The molecule has 2 unspecified atom stereocenters. The first-order chi connectivity index (χ1) is 8.65. The van der Waals surface area contributed by atoms with Crippen LogP contribution in [0.4, 0.5) is 0 Å². The molecule has 0 aliphatic heterocycles. The van der Waals surface area contributed by atoms with Crippen molar-refractivity contribution in [3.05, 3.63) is 42.5 Å². The summed E-state index contributed by atoms with van der Waals surface area (Å²) in [4.78, 5) is 11.8. The number of esters is 1. The zero-order valence-corrected chi connectivity index (χ0v) is 10.9. The fraction of sp³-hybridized carbons (Fsp3) is 0.400. The maximum atomic E-state index is 11.8. The number of allylic oxidation sites excluding steroid dienone is 1. The van der Waals surface area contributed by atoms with Gasteiger partial charge in [-0.1, -0.05) is 37.3 Å². The van der Waals surface area contributed by atoms with E-state index in [0.29, 0.717) is 12.2 Å². The third kappa shape index (κ3) is 4.72. The van der Waals surface area contributed by atoms with Crippen LogP contribution in [-0.2, 0) is 4.79 Å². The van der Waals surface area contributed by atoms with Crippen LogP contribution in [-0.4, -0.2) is 17.2 Å². The number of aliphatic hydroxyl groups excluding tert-OH is 1. The van der Waals surface area contributed by atoms with Crippen molar-refractivity contribution in [1.29, 1.82) is 0 Å². The number of benzene rings is 1. The molecule has 0 saturated carbocycles. The third-order valence-electron chi connectivity index (χ3n) is 2.69. The van der Waals surface area contributed by atoms with Crippen molar-refractivity contribution in [2.24, 2.45) is 5.92 Å². The van der Waals surface area contributed by atoms with E-state index in [0.717, 1.165) is 6.42 Å². The van der Waals surface area contributed by atoms with Gasteiger partial charge in [-0.15, -0.1) is 0 Å². The Labute approximate surface area is 108 Å². The molecule has 0 amide bonds. The zero-order chi connectivity index (χ0) is 13.4. The number of hydrogen-bond acceptors (Lipinski definition) is 3. The standard InChI is InChI=1S/C15H20O3/c1-3-4-6-11-14(16)12(2)15(17)18-13-9-7-5-8-10-13/h4-10,12,14,16H,3,11H2,1-2H3. The minimum absolute atomic E-state index is 0.404. The summed E-state index contributed by atoms with van der Waals surface area (Å²) in [7, 11) is 0. The van der Waals surface area contributed by atoms with Gasteiger partial charge in [0, 0.05) is 0 Å². The molecule has 1 N–H and O–H groups in total. The number of rotatable bonds is 6. The van der Waals surface area contributed by atoms with Crippen LogP contribution in [0, 0.1) is 5.92 Å². The highest BCUT2D eigenvalue weighted by molar-refractivity contribution is 5.75. The van der Waals surface area contributed by atoms with E-state index < -0.39 is 18.0 Å². The molecule has 3 nitrogen and oxygen atoms in total. The molecule has 1 aromatic rings. The Balaban J connectivity index is 2.48. The molecule has 0 saturated heterocycles. The van der Waals surface area contributed by atoms with Crippen molar-refractivity contribution in [3.8, 4) is 5.75 Å². The minimum Gasteiger partial charge on any atom is -0.426 e. The Kier molecular flexibility index (Phi) is 6.15. The molecule has 1 rings (SSSR count). The van der Waals surface area contributed by atoms with Crippen molar-refractivity contribution in [3.63, 3.8) is 0 Å². The lowest BCUT2D eigenvalue weighted by molar-refractivity contribution is -0.141. The van der Waals surface area contributed by atoms with E-state index in [1.807, 2.05) is 25.1 Å². The van der Waals surface area contributed by atoms with Gasteiger partial charge in [0.2, 0.25) is 0 Å². The van der Waals surface area contributed by atoms with Crippen LogP contribution in [0.25, 0.3) is 0 Å². The monoisotopic (exact) mass is 248 g/mol. The van der Waals surface area contributed by atoms with Crippen LogP contribution in [0.3, 0.4) is 0 Å². The molecule has 0 fully saturated rings. The second-order valence-corrected chi connectivity index (χ2v) is 4.21.